The third-order valence-electron chi connectivity index (χ3n) is 2.08. The first-order chi connectivity index (χ1) is 7.45. The summed E-state index contributed by atoms with van der Waals surface area (Å²) in [7, 11) is 0. The lowest BCUT2D eigenvalue weighted by Gasteiger charge is -2.20. The standard InChI is InChI=1S/C13H24N2O/c1-5-6-7-8-10-14-12(16)9-11-15-13(2,3)4/h1,15H,6-11H2,2-4H3,(H,14,16). The Morgan fingerprint density at radius 2 is 1.94 bits per heavy atom. The second-order valence-corrected chi connectivity index (χ2v) is 4.94. The number of carbonyl (C=O) groups is 1. The van der Waals surface area contributed by atoms with E-state index in [1.54, 1.807) is 0 Å². The van der Waals surface area contributed by atoms with Crippen molar-refractivity contribution in [3.05, 3.63) is 0 Å². The van der Waals surface area contributed by atoms with E-state index in [2.05, 4.69) is 37.3 Å². The fraction of sp³-hybridized carbons (Fsp3) is 0.769. The molecule has 0 aromatic carbocycles. The number of unbranched alkanes of at least 4 members (excludes halogenated alkanes) is 2. The molecule has 0 rings (SSSR count). The first-order valence-corrected chi connectivity index (χ1v) is 5.91. The Morgan fingerprint density at radius 3 is 2.50 bits per heavy atom. The fourth-order valence-corrected chi connectivity index (χ4v) is 1.22. The van der Waals surface area contributed by atoms with E-state index in [0.29, 0.717) is 6.42 Å². The molecule has 0 saturated heterocycles. The highest BCUT2D eigenvalue weighted by Gasteiger charge is 2.08. The normalized spacial score (nSPS) is 10.9. The van der Waals surface area contributed by atoms with Crippen molar-refractivity contribution in [2.24, 2.45) is 0 Å². The van der Waals surface area contributed by atoms with Crippen molar-refractivity contribution in [3.8, 4) is 12.3 Å². The maximum atomic E-state index is 11.4. The Balaban J connectivity index is 3.36. The van der Waals surface area contributed by atoms with Crippen LogP contribution in [-0.4, -0.2) is 24.5 Å². The minimum absolute atomic E-state index is 0.0765. The van der Waals surface area contributed by atoms with Gasteiger partial charge in [-0.15, -0.1) is 12.3 Å². The predicted octanol–water partition coefficient (Wildman–Crippen LogP) is 1.68. The van der Waals surface area contributed by atoms with E-state index in [0.717, 1.165) is 32.4 Å². The van der Waals surface area contributed by atoms with Crippen molar-refractivity contribution >= 4 is 5.91 Å². The van der Waals surface area contributed by atoms with Gasteiger partial charge in [-0.3, -0.25) is 4.79 Å². The molecule has 0 heterocycles. The number of terminal acetylenes is 1. The molecule has 0 spiro atoms. The van der Waals surface area contributed by atoms with Crippen molar-refractivity contribution in [2.75, 3.05) is 13.1 Å². The van der Waals surface area contributed by atoms with Crippen LogP contribution in [0.1, 0.15) is 46.5 Å². The van der Waals surface area contributed by atoms with Gasteiger partial charge in [-0.1, -0.05) is 0 Å². The van der Waals surface area contributed by atoms with Gasteiger partial charge in [0, 0.05) is 31.5 Å². The van der Waals surface area contributed by atoms with Crippen molar-refractivity contribution < 1.29 is 4.79 Å². The topological polar surface area (TPSA) is 41.1 Å². The van der Waals surface area contributed by atoms with Gasteiger partial charge in [-0.2, -0.15) is 0 Å². The molecule has 1 amide bonds. The van der Waals surface area contributed by atoms with Crippen LogP contribution in [0.3, 0.4) is 0 Å². The second kappa shape index (κ2) is 8.18. The third-order valence-corrected chi connectivity index (χ3v) is 2.08. The number of carbonyl (C=O) groups excluding carboxylic acids is 1. The Kier molecular flexibility index (Phi) is 7.66. The molecule has 0 aliphatic heterocycles. The van der Waals surface area contributed by atoms with Gasteiger partial charge in [-0.25, -0.2) is 0 Å². The van der Waals surface area contributed by atoms with Crippen LogP contribution in [0.5, 0.6) is 0 Å². The molecule has 3 nitrogen and oxygen atoms in total. The summed E-state index contributed by atoms with van der Waals surface area (Å²) < 4.78 is 0. The van der Waals surface area contributed by atoms with Gasteiger partial charge in [0.2, 0.25) is 5.91 Å². The number of rotatable bonds is 7. The molecular weight excluding hydrogens is 200 g/mol. The number of amides is 1. The van der Waals surface area contributed by atoms with E-state index in [1.165, 1.54) is 0 Å². The largest absolute Gasteiger partial charge is 0.356 e. The summed E-state index contributed by atoms with van der Waals surface area (Å²) in [5, 5.41) is 6.16. The highest BCUT2D eigenvalue weighted by Crippen LogP contribution is 1.98. The lowest BCUT2D eigenvalue weighted by molar-refractivity contribution is -0.121. The minimum Gasteiger partial charge on any atom is -0.356 e. The molecule has 0 fully saturated rings. The molecule has 92 valence electrons. The Morgan fingerprint density at radius 1 is 1.25 bits per heavy atom. The zero-order chi connectivity index (χ0) is 12.4. The molecule has 2 N–H and O–H groups in total. The number of hydrogen-bond donors (Lipinski definition) is 2. The van der Waals surface area contributed by atoms with Gasteiger partial charge >= 0.3 is 0 Å². The van der Waals surface area contributed by atoms with Crippen molar-refractivity contribution in [3.63, 3.8) is 0 Å². The lowest BCUT2D eigenvalue weighted by atomic mass is 10.1. The van der Waals surface area contributed by atoms with E-state index in [4.69, 9.17) is 6.42 Å². The molecule has 0 atom stereocenters. The SMILES string of the molecule is C#CCCCCNC(=O)CCNC(C)(C)C. The maximum Gasteiger partial charge on any atom is 0.221 e. The van der Waals surface area contributed by atoms with Crippen LogP contribution in [0.25, 0.3) is 0 Å². The first kappa shape index (κ1) is 15.0. The summed E-state index contributed by atoms with van der Waals surface area (Å²) in [6, 6.07) is 0. The zero-order valence-electron chi connectivity index (χ0n) is 10.7. The van der Waals surface area contributed by atoms with Crippen LogP contribution in [0.15, 0.2) is 0 Å². The third kappa shape index (κ3) is 11.1. The highest BCUT2D eigenvalue weighted by molar-refractivity contribution is 5.75. The summed E-state index contributed by atoms with van der Waals surface area (Å²) >= 11 is 0. The molecule has 0 aliphatic rings. The van der Waals surface area contributed by atoms with Crippen LogP contribution in [-0.2, 0) is 4.79 Å². The van der Waals surface area contributed by atoms with Crippen LogP contribution in [0.2, 0.25) is 0 Å². The maximum absolute atomic E-state index is 11.4. The summed E-state index contributed by atoms with van der Waals surface area (Å²) in [5.41, 5.74) is 0.0765. The quantitative estimate of drug-likeness (QED) is 0.510. The van der Waals surface area contributed by atoms with Gasteiger partial charge in [0.05, 0.1) is 0 Å². The average Bonchev–Trinajstić information content (AvgIpc) is 2.15. The van der Waals surface area contributed by atoms with Gasteiger partial charge in [0.1, 0.15) is 0 Å². The number of nitrogens with one attached hydrogen (secondary N) is 2. The van der Waals surface area contributed by atoms with Gasteiger partial charge in [-0.05, 0) is 33.6 Å². The zero-order valence-corrected chi connectivity index (χ0v) is 10.7. The molecule has 0 saturated carbocycles. The van der Waals surface area contributed by atoms with Crippen LogP contribution < -0.4 is 10.6 Å². The molecular formula is C13H24N2O. The van der Waals surface area contributed by atoms with Crippen LogP contribution in [0, 0.1) is 12.3 Å². The van der Waals surface area contributed by atoms with E-state index in [1.807, 2.05) is 0 Å². The predicted molar refractivity (Wildman–Crippen MR) is 68.1 cm³/mol. The Hall–Kier alpha value is -1.01. The van der Waals surface area contributed by atoms with E-state index >= 15 is 0 Å². The minimum atomic E-state index is 0.0765. The summed E-state index contributed by atoms with van der Waals surface area (Å²) in [5.74, 6) is 2.69. The summed E-state index contributed by atoms with van der Waals surface area (Å²) in [6.45, 7) is 7.72. The smallest absolute Gasteiger partial charge is 0.221 e. The van der Waals surface area contributed by atoms with Crippen molar-refractivity contribution in [1.82, 2.24) is 10.6 Å². The van der Waals surface area contributed by atoms with E-state index < -0.39 is 0 Å². The molecule has 0 bridgehead atoms. The molecule has 0 aromatic heterocycles. The van der Waals surface area contributed by atoms with Gasteiger partial charge < -0.3 is 10.6 Å². The van der Waals surface area contributed by atoms with Gasteiger partial charge in [0.25, 0.3) is 0 Å². The molecule has 0 radical (unpaired) electrons. The first-order valence-electron chi connectivity index (χ1n) is 5.91. The van der Waals surface area contributed by atoms with E-state index in [9.17, 15) is 4.79 Å². The highest BCUT2D eigenvalue weighted by atomic mass is 16.1. The Bertz CT molecular complexity index is 235. The van der Waals surface area contributed by atoms with Crippen LogP contribution in [0.4, 0.5) is 0 Å². The number of hydrogen-bond acceptors (Lipinski definition) is 2. The summed E-state index contributed by atoms with van der Waals surface area (Å²) in [6.07, 6.45) is 8.40. The Labute approximate surface area is 99.4 Å². The van der Waals surface area contributed by atoms with Gasteiger partial charge in [0.15, 0.2) is 0 Å². The average molecular weight is 224 g/mol. The second-order valence-electron chi connectivity index (χ2n) is 4.94. The molecule has 16 heavy (non-hydrogen) atoms. The van der Waals surface area contributed by atoms with Crippen LogP contribution >= 0.6 is 0 Å². The molecule has 0 unspecified atom stereocenters. The van der Waals surface area contributed by atoms with E-state index in [-0.39, 0.29) is 11.4 Å². The molecule has 0 aromatic rings. The molecule has 0 aliphatic carbocycles. The molecule has 3 heteroatoms. The van der Waals surface area contributed by atoms with Crippen molar-refractivity contribution in [2.45, 2.75) is 52.0 Å². The summed E-state index contributed by atoms with van der Waals surface area (Å²) in [4.78, 5) is 11.4. The van der Waals surface area contributed by atoms with Crippen molar-refractivity contribution in [1.29, 1.82) is 0 Å². The monoisotopic (exact) mass is 224 g/mol. The fourth-order valence-electron chi connectivity index (χ4n) is 1.22. The lowest BCUT2D eigenvalue weighted by Crippen LogP contribution is -2.38.